The van der Waals surface area contributed by atoms with Gasteiger partial charge in [0, 0.05) is 23.9 Å². The largest absolute Gasteiger partial charge is 0.388 e. The first-order valence-electron chi connectivity index (χ1n) is 5.71. The van der Waals surface area contributed by atoms with E-state index in [0.29, 0.717) is 5.69 Å². The van der Waals surface area contributed by atoms with E-state index in [1.807, 2.05) is 13.0 Å². The van der Waals surface area contributed by atoms with Gasteiger partial charge >= 0.3 is 0 Å². The summed E-state index contributed by atoms with van der Waals surface area (Å²) in [4.78, 5) is 4.11. The fourth-order valence-corrected chi connectivity index (χ4v) is 1.87. The lowest BCUT2D eigenvalue weighted by atomic mass is 10.0. The van der Waals surface area contributed by atoms with Gasteiger partial charge in [0.05, 0.1) is 11.1 Å². The second-order valence-electron chi connectivity index (χ2n) is 4.33. The molecule has 100 valence electrons. The predicted octanol–water partition coefficient (Wildman–Crippen LogP) is 3.60. The van der Waals surface area contributed by atoms with E-state index in [-0.39, 0.29) is 17.0 Å². The van der Waals surface area contributed by atoms with E-state index in [4.69, 9.17) is 11.6 Å². The van der Waals surface area contributed by atoms with Crippen molar-refractivity contribution >= 4 is 11.6 Å². The Hall–Kier alpha value is -1.52. The quantitative estimate of drug-likeness (QED) is 0.873. The molecule has 2 aromatic rings. The summed E-state index contributed by atoms with van der Waals surface area (Å²) in [5, 5.41) is 9.65. The molecule has 0 saturated heterocycles. The van der Waals surface area contributed by atoms with Crippen LogP contribution in [0.1, 0.15) is 22.9 Å². The van der Waals surface area contributed by atoms with E-state index >= 15 is 0 Å². The summed E-state index contributed by atoms with van der Waals surface area (Å²) in [5.41, 5.74) is 1.47. The third-order valence-electron chi connectivity index (χ3n) is 2.77. The average molecular weight is 284 g/mol. The molecule has 0 aliphatic heterocycles. The van der Waals surface area contributed by atoms with Crippen LogP contribution < -0.4 is 0 Å². The topological polar surface area (TPSA) is 33.1 Å². The number of aryl methyl sites for hydroxylation is 1. The van der Waals surface area contributed by atoms with Crippen molar-refractivity contribution in [2.24, 2.45) is 0 Å². The number of hydrogen-bond donors (Lipinski definition) is 1. The Morgan fingerprint density at radius 1 is 1.26 bits per heavy atom. The molecular weight excluding hydrogens is 272 g/mol. The summed E-state index contributed by atoms with van der Waals surface area (Å²) in [6.45, 7) is 1.89. The summed E-state index contributed by atoms with van der Waals surface area (Å²) in [5.74, 6) is -1.49. The maximum atomic E-state index is 13.6. The Kier molecular flexibility index (Phi) is 4.12. The van der Waals surface area contributed by atoms with Gasteiger partial charge in [-0.15, -0.1) is 0 Å². The van der Waals surface area contributed by atoms with Gasteiger partial charge in [-0.05, 0) is 30.7 Å². The zero-order valence-corrected chi connectivity index (χ0v) is 11.0. The molecule has 2 rings (SSSR count). The first-order valence-corrected chi connectivity index (χ1v) is 6.09. The smallest absolute Gasteiger partial charge is 0.142 e. The molecule has 0 saturated carbocycles. The molecule has 0 amide bonds. The number of aliphatic hydroxyl groups excluding tert-OH is 1. The first kappa shape index (κ1) is 13.9. The van der Waals surface area contributed by atoms with Gasteiger partial charge in [-0.1, -0.05) is 17.7 Å². The van der Waals surface area contributed by atoms with Gasteiger partial charge in [0.25, 0.3) is 0 Å². The molecule has 2 nitrogen and oxygen atoms in total. The van der Waals surface area contributed by atoms with Crippen LogP contribution in [0.5, 0.6) is 0 Å². The zero-order chi connectivity index (χ0) is 14.0. The highest BCUT2D eigenvalue weighted by Crippen LogP contribution is 2.25. The first-order chi connectivity index (χ1) is 8.97. The van der Waals surface area contributed by atoms with Crippen LogP contribution in [0.15, 0.2) is 30.5 Å². The van der Waals surface area contributed by atoms with Gasteiger partial charge in [-0.25, -0.2) is 8.78 Å². The monoisotopic (exact) mass is 283 g/mol. The summed E-state index contributed by atoms with van der Waals surface area (Å²) in [6, 6.07) is 5.35. The molecule has 1 aromatic heterocycles. The maximum Gasteiger partial charge on any atom is 0.142 e. The van der Waals surface area contributed by atoms with E-state index in [1.54, 1.807) is 12.3 Å². The molecule has 1 aromatic carbocycles. The molecule has 0 bridgehead atoms. The molecule has 5 heteroatoms. The molecule has 0 radical (unpaired) electrons. The Balaban J connectivity index is 2.22. The third kappa shape index (κ3) is 3.28. The number of pyridine rings is 1. The van der Waals surface area contributed by atoms with E-state index in [9.17, 15) is 13.9 Å². The van der Waals surface area contributed by atoms with Crippen LogP contribution >= 0.6 is 11.6 Å². The highest BCUT2D eigenvalue weighted by molar-refractivity contribution is 6.30. The minimum absolute atomic E-state index is 0.109. The lowest BCUT2D eigenvalue weighted by molar-refractivity contribution is 0.172. The highest BCUT2D eigenvalue weighted by Gasteiger charge is 2.17. The van der Waals surface area contributed by atoms with Gasteiger partial charge < -0.3 is 5.11 Å². The summed E-state index contributed by atoms with van der Waals surface area (Å²) in [7, 11) is 0. The average Bonchev–Trinajstić information content (AvgIpc) is 2.36. The van der Waals surface area contributed by atoms with Crippen LogP contribution in [0, 0.1) is 18.6 Å². The molecule has 0 aliphatic carbocycles. The Morgan fingerprint density at radius 2 is 2.00 bits per heavy atom. The summed E-state index contributed by atoms with van der Waals surface area (Å²) in [6.07, 6.45) is 0.598. The number of hydrogen-bond acceptors (Lipinski definition) is 2. The van der Waals surface area contributed by atoms with Gasteiger partial charge in [0.15, 0.2) is 0 Å². The van der Waals surface area contributed by atoms with E-state index < -0.39 is 17.7 Å². The highest BCUT2D eigenvalue weighted by atomic mass is 35.5. The fraction of sp³-hybridized carbons (Fsp3) is 0.214. The van der Waals surface area contributed by atoms with Gasteiger partial charge in [-0.2, -0.15) is 0 Å². The van der Waals surface area contributed by atoms with Crippen molar-refractivity contribution < 1.29 is 13.9 Å². The standard InChI is InChI=1S/C14H12ClF2NO/c1-8-2-3-9(18-7-8)4-14(19)10-5-13(17)11(15)6-12(10)16/h2-3,5-7,14,19H,4H2,1H3. The molecule has 0 aliphatic rings. The second kappa shape index (κ2) is 5.63. The molecule has 0 spiro atoms. The Labute approximate surface area is 114 Å². The summed E-state index contributed by atoms with van der Waals surface area (Å²) < 4.78 is 26.9. The number of aliphatic hydroxyl groups is 1. The Bertz CT molecular complexity index is 587. The minimum Gasteiger partial charge on any atom is -0.388 e. The molecule has 1 atom stereocenters. The van der Waals surface area contributed by atoms with Crippen molar-refractivity contribution in [2.75, 3.05) is 0 Å². The van der Waals surface area contributed by atoms with Crippen molar-refractivity contribution in [3.8, 4) is 0 Å². The maximum absolute atomic E-state index is 13.6. The number of benzene rings is 1. The number of aromatic nitrogens is 1. The molecular formula is C14H12ClF2NO. The van der Waals surface area contributed by atoms with Crippen molar-refractivity contribution in [2.45, 2.75) is 19.4 Å². The number of halogens is 3. The molecule has 1 unspecified atom stereocenters. The normalized spacial score (nSPS) is 12.5. The van der Waals surface area contributed by atoms with Crippen LogP contribution in [0.4, 0.5) is 8.78 Å². The summed E-state index contributed by atoms with van der Waals surface area (Å²) >= 11 is 5.46. The second-order valence-corrected chi connectivity index (χ2v) is 4.74. The zero-order valence-electron chi connectivity index (χ0n) is 10.2. The van der Waals surface area contributed by atoms with Crippen LogP contribution in [0.2, 0.25) is 5.02 Å². The third-order valence-corrected chi connectivity index (χ3v) is 3.06. The molecule has 0 fully saturated rings. The van der Waals surface area contributed by atoms with Gasteiger partial charge in [0.2, 0.25) is 0 Å². The predicted molar refractivity (Wildman–Crippen MR) is 69.0 cm³/mol. The van der Waals surface area contributed by atoms with Gasteiger partial charge in [0.1, 0.15) is 11.6 Å². The van der Waals surface area contributed by atoms with E-state index in [1.165, 1.54) is 0 Å². The van der Waals surface area contributed by atoms with Crippen molar-refractivity contribution in [1.29, 1.82) is 0 Å². The minimum atomic E-state index is -1.16. The lowest BCUT2D eigenvalue weighted by Gasteiger charge is -2.12. The fourth-order valence-electron chi connectivity index (χ4n) is 1.72. The van der Waals surface area contributed by atoms with Crippen molar-refractivity contribution in [1.82, 2.24) is 4.98 Å². The molecule has 1 heterocycles. The van der Waals surface area contributed by atoms with Crippen molar-refractivity contribution in [3.05, 3.63) is 63.9 Å². The molecule has 1 N–H and O–H groups in total. The Morgan fingerprint density at radius 3 is 2.63 bits per heavy atom. The number of nitrogens with zero attached hydrogens (tertiary/aromatic N) is 1. The van der Waals surface area contributed by atoms with E-state index in [0.717, 1.165) is 17.7 Å². The van der Waals surface area contributed by atoms with Crippen LogP contribution in [-0.2, 0) is 6.42 Å². The van der Waals surface area contributed by atoms with Crippen LogP contribution in [0.25, 0.3) is 0 Å². The lowest BCUT2D eigenvalue weighted by Crippen LogP contribution is -2.06. The van der Waals surface area contributed by atoms with Crippen LogP contribution in [-0.4, -0.2) is 10.1 Å². The SMILES string of the molecule is Cc1ccc(CC(O)c2cc(F)c(Cl)cc2F)nc1. The van der Waals surface area contributed by atoms with Crippen molar-refractivity contribution in [3.63, 3.8) is 0 Å². The van der Waals surface area contributed by atoms with Gasteiger partial charge in [-0.3, -0.25) is 4.98 Å². The number of rotatable bonds is 3. The van der Waals surface area contributed by atoms with Crippen LogP contribution in [0.3, 0.4) is 0 Å². The van der Waals surface area contributed by atoms with E-state index in [2.05, 4.69) is 4.98 Å². The molecule has 19 heavy (non-hydrogen) atoms.